The van der Waals surface area contributed by atoms with Gasteiger partial charge in [-0.05, 0) is 32.0 Å². The minimum atomic E-state index is -0.682. The minimum Gasteiger partial charge on any atom is -0.355 e. The summed E-state index contributed by atoms with van der Waals surface area (Å²) in [6.07, 6.45) is 0. The van der Waals surface area contributed by atoms with Crippen molar-refractivity contribution in [1.82, 2.24) is 10.6 Å². The van der Waals surface area contributed by atoms with Gasteiger partial charge in [0.05, 0.1) is 10.6 Å². The quantitative estimate of drug-likeness (QED) is 0.877. The molecule has 0 aliphatic heterocycles. The molecule has 0 saturated carbocycles. The highest BCUT2D eigenvalue weighted by Crippen LogP contribution is 2.17. The van der Waals surface area contributed by atoms with Gasteiger partial charge in [0.15, 0.2) is 0 Å². The molecule has 1 atom stereocenters. The Bertz CT molecular complexity index is 465. The van der Waals surface area contributed by atoms with Crippen molar-refractivity contribution in [2.24, 2.45) is 0 Å². The lowest BCUT2D eigenvalue weighted by molar-refractivity contribution is -0.122. The van der Waals surface area contributed by atoms with E-state index in [0.29, 0.717) is 6.54 Å². The predicted octanol–water partition coefficient (Wildman–Crippen LogP) is 1.73. The lowest BCUT2D eigenvalue weighted by Crippen LogP contribution is -2.44. The summed E-state index contributed by atoms with van der Waals surface area (Å²) >= 11 is 5.75. The molecule has 0 fully saturated rings. The zero-order valence-electron chi connectivity index (χ0n) is 10.1. The van der Waals surface area contributed by atoms with Gasteiger partial charge in [0.2, 0.25) is 5.91 Å². The second-order valence-electron chi connectivity index (χ2n) is 3.71. The first kappa shape index (κ1) is 14.4. The van der Waals surface area contributed by atoms with E-state index in [1.54, 1.807) is 13.8 Å². The molecule has 1 unspecified atom stereocenters. The number of carbonyl (C=O) groups excluding carboxylic acids is 2. The van der Waals surface area contributed by atoms with Gasteiger partial charge in [-0.25, -0.2) is 4.39 Å². The molecular formula is C12H14ClFN2O2. The molecular weight excluding hydrogens is 259 g/mol. The van der Waals surface area contributed by atoms with Crippen LogP contribution in [0, 0.1) is 5.82 Å². The van der Waals surface area contributed by atoms with Crippen LogP contribution in [0.3, 0.4) is 0 Å². The predicted molar refractivity (Wildman–Crippen MR) is 67.0 cm³/mol. The van der Waals surface area contributed by atoms with Crippen molar-refractivity contribution < 1.29 is 14.0 Å². The Balaban J connectivity index is 2.73. The van der Waals surface area contributed by atoms with E-state index in [1.165, 1.54) is 6.07 Å². The molecule has 2 N–H and O–H groups in total. The molecule has 18 heavy (non-hydrogen) atoms. The molecule has 1 rings (SSSR count). The zero-order chi connectivity index (χ0) is 13.7. The highest BCUT2D eigenvalue weighted by Gasteiger charge is 2.17. The number of halogens is 2. The molecule has 0 spiro atoms. The van der Waals surface area contributed by atoms with Crippen molar-refractivity contribution in [1.29, 1.82) is 0 Å². The van der Waals surface area contributed by atoms with Crippen LogP contribution < -0.4 is 10.6 Å². The number of carbonyl (C=O) groups is 2. The van der Waals surface area contributed by atoms with E-state index < -0.39 is 17.8 Å². The largest absolute Gasteiger partial charge is 0.355 e. The Morgan fingerprint density at radius 2 is 2.11 bits per heavy atom. The van der Waals surface area contributed by atoms with Gasteiger partial charge < -0.3 is 10.6 Å². The van der Waals surface area contributed by atoms with Gasteiger partial charge in [-0.15, -0.1) is 0 Å². The maximum atomic E-state index is 12.8. The van der Waals surface area contributed by atoms with Crippen molar-refractivity contribution >= 4 is 23.4 Å². The molecule has 98 valence electrons. The third kappa shape index (κ3) is 3.70. The van der Waals surface area contributed by atoms with Crippen molar-refractivity contribution in [3.8, 4) is 0 Å². The fourth-order valence-electron chi connectivity index (χ4n) is 1.34. The number of amides is 2. The molecule has 0 aliphatic carbocycles. The minimum absolute atomic E-state index is 0.00981. The average Bonchev–Trinajstić information content (AvgIpc) is 2.28. The summed E-state index contributed by atoms with van der Waals surface area (Å²) in [5.41, 5.74) is 0.134. The lowest BCUT2D eigenvalue weighted by Gasteiger charge is -2.13. The van der Waals surface area contributed by atoms with E-state index in [2.05, 4.69) is 10.6 Å². The smallest absolute Gasteiger partial charge is 0.253 e. The molecule has 0 aromatic heterocycles. The summed E-state index contributed by atoms with van der Waals surface area (Å²) in [4.78, 5) is 23.2. The van der Waals surface area contributed by atoms with Crippen molar-refractivity contribution in [3.05, 3.63) is 34.6 Å². The second kappa shape index (κ2) is 6.35. The molecule has 4 nitrogen and oxygen atoms in total. The first-order valence-electron chi connectivity index (χ1n) is 5.49. The van der Waals surface area contributed by atoms with Crippen molar-refractivity contribution in [2.45, 2.75) is 19.9 Å². The Labute approximate surface area is 110 Å². The summed E-state index contributed by atoms with van der Waals surface area (Å²) in [5.74, 6) is -1.32. The van der Waals surface area contributed by atoms with Crippen LogP contribution in [0.2, 0.25) is 5.02 Å². The molecule has 0 saturated heterocycles. The Kier molecular flexibility index (Phi) is 5.09. The number of likely N-dealkylation sites (N-methyl/N-ethyl adjacent to an activating group) is 1. The third-order valence-electron chi connectivity index (χ3n) is 2.27. The lowest BCUT2D eigenvalue weighted by atomic mass is 10.2. The van der Waals surface area contributed by atoms with E-state index in [9.17, 15) is 14.0 Å². The van der Waals surface area contributed by atoms with E-state index in [1.807, 2.05) is 0 Å². The fraction of sp³-hybridized carbons (Fsp3) is 0.333. The Morgan fingerprint density at radius 3 is 2.67 bits per heavy atom. The highest BCUT2D eigenvalue weighted by atomic mass is 35.5. The van der Waals surface area contributed by atoms with E-state index >= 15 is 0 Å². The van der Waals surface area contributed by atoms with Gasteiger partial charge in [0.1, 0.15) is 11.9 Å². The first-order valence-corrected chi connectivity index (χ1v) is 5.87. The molecule has 1 aromatic rings. The molecule has 6 heteroatoms. The molecule has 2 amide bonds. The number of nitrogens with one attached hydrogen (secondary N) is 2. The summed E-state index contributed by atoms with van der Waals surface area (Å²) < 4.78 is 12.8. The maximum absolute atomic E-state index is 12.8. The average molecular weight is 273 g/mol. The maximum Gasteiger partial charge on any atom is 0.253 e. The molecule has 0 bridgehead atoms. The Hall–Kier alpha value is -1.62. The summed E-state index contributed by atoms with van der Waals surface area (Å²) in [7, 11) is 0. The van der Waals surface area contributed by atoms with Gasteiger partial charge in [0, 0.05) is 6.54 Å². The van der Waals surface area contributed by atoms with Crippen molar-refractivity contribution in [2.75, 3.05) is 6.54 Å². The fourth-order valence-corrected chi connectivity index (χ4v) is 1.59. The van der Waals surface area contributed by atoms with Crippen LogP contribution in [0.5, 0.6) is 0 Å². The topological polar surface area (TPSA) is 58.2 Å². The molecule has 0 heterocycles. The second-order valence-corrected chi connectivity index (χ2v) is 4.12. The van der Waals surface area contributed by atoms with Crippen molar-refractivity contribution in [3.63, 3.8) is 0 Å². The molecule has 1 aromatic carbocycles. The Morgan fingerprint density at radius 1 is 1.44 bits per heavy atom. The standard InChI is InChI=1S/C12H14ClFN2O2/c1-3-15-11(17)7(2)16-12(18)9-5-4-8(14)6-10(9)13/h4-7H,3H2,1-2H3,(H,15,17)(H,16,18). The molecule has 0 radical (unpaired) electrons. The van der Waals surface area contributed by atoms with Crippen LogP contribution >= 0.6 is 11.6 Å². The van der Waals surface area contributed by atoms with Crippen LogP contribution in [0.4, 0.5) is 4.39 Å². The van der Waals surface area contributed by atoms with E-state index in [-0.39, 0.29) is 16.5 Å². The van der Waals surface area contributed by atoms with Gasteiger partial charge in [-0.1, -0.05) is 11.6 Å². The summed E-state index contributed by atoms with van der Waals surface area (Å²) in [6, 6.07) is 2.78. The number of benzene rings is 1. The van der Waals surface area contributed by atoms with Gasteiger partial charge >= 0.3 is 0 Å². The van der Waals surface area contributed by atoms with Crippen LogP contribution in [0.25, 0.3) is 0 Å². The van der Waals surface area contributed by atoms with Crippen LogP contribution in [0.15, 0.2) is 18.2 Å². The molecule has 0 aliphatic rings. The number of hydrogen-bond donors (Lipinski definition) is 2. The van der Waals surface area contributed by atoms with Gasteiger partial charge in [0.25, 0.3) is 5.91 Å². The summed E-state index contributed by atoms with van der Waals surface area (Å²) in [5, 5.41) is 5.07. The van der Waals surface area contributed by atoms with Gasteiger partial charge in [-0.2, -0.15) is 0 Å². The summed E-state index contributed by atoms with van der Waals surface area (Å²) in [6.45, 7) is 3.82. The highest BCUT2D eigenvalue weighted by molar-refractivity contribution is 6.33. The van der Waals surface area contributed by atoms with Crippen LogP contribution in [0.1, 0.15) is 24.2 Å². The van der Waals surface area contributed by atoms with E-state index in [0.717, 1.165) is 12.1 Å². The number of rotatable bonds is 4. The van der Waals surface area contributed by atoms with Crippen LogP contribution in [-0.4, -0.2) is 24.4 Å². The number of hydrogen-bond acceptors (Lipinski definition) is 2. The van der Waals surface area contributed by atoms with E-state index in [4.69, 9.17) is 11.6 Å². The monoisotopic (exact) mass is 272 g/mol. The first-order chi connectivity index (χ1) is 8.45. The van der Waals surface area contributed by atoms with Gasteiger partial charge in [-0.3, -0.25) is 9.59 Å². The van der Waals surface area contributed by atoms with Crippen LogP contribution in [-0.2, 0) is 4.79 Å². The third-order valence-corrected chi connectivity index (χ3v) is 2.58. The SMILES string of the molecule is CCNC(=O)C(C)NC(=O)c1ccc(F)cc1Cl. The normalized spacial score (nSPS) is 11.8. The zero-order valence-corrected chi connectivity index (χ0v) is 10.8.